The molecule has 1 nitrogen and oxygen atoms in total. The van der Waals surface area contributed by atoms with Crippen LogP contribution in [-0.2, 0) is 12.2 Å². The van der Waals surface area contributed by atoms with Gasteiger partial charge >= 0.3 is 0 Å². The van der Waals surface area contributed by atoms with Crippen LogP contribution in [0.15, 0.2) is 12.3 Å². The first-order valence-corrected chi connectivity index (χ1v) is 4.54. The molecule has 2 heteroatoms. The van der Waals surface area contributed by atoms with Crippen LogP contribution in [0.2, 0.25) is 0 Å². The molecule has 0 unspecified atom stereocenters. The highest BCUT2D eigenvalue weighted by molar-refractivity contribution is 7.98. The molecule has 0 fully saturated rings. The lowest BCUT2D eigenvalue weighted by Gasteiger charge is -2.12. The van der Waals surface area contributed by atoms with Crippen molar-refractivity contribution < 1.29 is 0 Å². The van der Waals surface area contributed by atoms with E-state index >= 15 is 0 Å². The average Bonchev–Trinajstić information content (AvgIpc) is 2.05. The minimum atomic E-state index is 1.10. The van der Waals surface area contributed by atoms with Crippen molar-refractivity contribution in [1.29, 1.82) is 0 Å². The molecule has 0 atom stereocenters. The first-order valence-electron chi connectivity index (χ1n) is 3.39. The molecule has 0 bridgehead atoms. The summed E-state index contributed by atoms with van der Waals surface area (Å²) < 4.78 is 0. The smallest absolute Gasteiger partial charge is 0.0458 e. The third-order valence-corrected chi connectivity index (χ3v) is 2.63. The van der Waals surface area contributed by atoms with Gasteiger partial charge in [0.05, 0.1) is 0 Å². The minimum absolute atomic E-state index is 1.10. The summed E-state index contributed by atoms with van der Waals surface area (Å²) in [6, 6.07) is 5.10. The summed E-state index contributed by atoms with van der Waals surface area (Å²) in [6.45, 7) is 0. The molecular weight excluding hydrogens is 142 g/mol. The second kappa shape index (κ2) is 2.62. The van der Waals surface area contributed by atoms with Gasteiger partial charge in [0.1, 0.15) is 0 Å². The van der Waals surface area contributed by atoms with Crippen molar-refractivity contribution in [2.24, 2.45) is 0 Å². The van der Waals surface area contributed by atoms with Gasteiger partial charge in [-0.2, -0.15) is 11.8 Å². The highest BCUT2D eigenvalue weighted by atomic mass is 32.2. The maximum Gasteiger partial charge on any atom is 0.0458 e. The number of nitrogens with zero attached hydrogens (tertiary/aromatic N) is 1. The largest absolute Gasteiger partial charge is 0.261 e. The topological polar surface area (TPSA) is 12.9 Å². The van der Waals surface area contributed by atoms with Crippen LogP contribution >= 0.6 is 11.8 Å². The summed E-state index contributed by atoms with van der Waals surface area (Å²) in [7, 11) is 0. The molecule has 0 aliphatic carbocycles. The van der Waals surface area contributed by atoms with E-state index in [0.29, 0.717) is 0 Å². The van der Waals surface area contributed by atoms with Crippen LogP contribution < -0.4 is 0 Å². The van der Waals surface area contributed by atoms with Crippen LogP contribution in [0.3, 0.4) is 0 Å². The van der Waals surface area contributed by atoms with Gasteiger partial charge < -0.3 is 0 Å². The second-order valence-electron chi connectivity index (χ2n) is 2.32. The Morgan fingerprint density at radius 2 is 2.60 bits per heavy atom. The third-order valence-electron chi connectivity index (χ3n) is 1.64. The Labute approximate surface area is 64.9 Å². The van der Waals surface area contributed by atoms with E-state index in [-0.39, 0.29) is 0 Å². The van der Waals surface area contributed by atoms with E-state index in [1.165, 1.54) is 17.0 Å². The van der Waals surface area contributed by atoms with Gasteiger partial charge in [0.15, 0.2) is 0 Å². The Hall–Kier alpha value is -0.500. The maximum atomic E-state index is 4.27. The summed E-state index contributed by atoms with van der Waals surface area (Å²) in [6.07, 6.45) is 2.95. The number of thioether (sulfide) groups is 1. The van der Waals surface area contributed by atoms with E-state index in [2.05, 4.69) is 11.1 Å². The van der Waals surface area contributed by atoms with Crippen LogP contribution in [0, 0.1) is 6.07 Å². The van der Waals surface area contributed by atoms with Crippen LogP contribution in [0.1, 0.15) is 11.3 Å². The molecule has 1 aromatic heterocycles. The molecule has 1 aliphatic heterocycles. The number of pyridine rings is 1. The van der Waals surface area contributed by atoms with Crippen molar-refractivity contribution in [1.82, 2.24) is 4.98 Å². The number of hydrogen-bond acceptors (Lipinski definition) is 2. The molecule has 1 radical (unpaired) electrons. The Bertz CT molecular complexity index is 209. The number of aromatic nitrogens is 1. The lowest BCUT2D eigenvalue weighted by atomic mass is 10.2. The summed E-state index contributed by atoms with van der Waals surface area (Å²) >= 11 is 1.97. The summed E-state index contributed by atoms with van der Waals surface area (Å²) in [5.41, 5.74) is 2.56. The highest BCUT2D eigenvalue weighted by Crippen LogP contribution is 2.21. The number of rotatable bonds is 0. The van der Waals surface area contributed by atoms with Crippen LogP contribution in [0.4, 0.5) is 0 Å². The zero-order valence-electron chi connectivity index (χ0n) is 5.63. The molecule has 2 rings (SSSR count). The molecule has 10 heavy (non-hydrogen) atoms. The van der Waals surface area contributed by atoms with Gasteiger partial charge in [-0.1, -0.05) is 0 Å². The van der Waals surface area contributed by atoms with Crippen LogP contribution in [0.5, 0.6) is 0 Å². The van der Waals surface area contributed by atoms with Gasteiger partial charge in [-0.25, -0.2) is 0 Å². The molecular formula is C8H8NS. The fourth-order valence-electron chi connectivity index (χ4n) is 1.11. The van der Waals surface area contributed by atoms with Crippen molar-refractivity contribution >= 4 is 11.8 Å². The normalized spacial score (nSPS) is 16.4. The number of hydrogen-bond donors (Lipinski definition) is 0. The molecule has 51 valence electrons. The molecule has 0 amide bonds. The van der Waals surface area contributed by atoms with Gasteiger partial charge in [-0.15, -0.1) is 0 Å². The SMILES string of the molecule is [c]1ccnc2c1CSCC2. The maximum absolute atomic E-state index is 4.27. The summed E-state index contributed by atoms with van der Waals surface area (Å²) in [4.78, 5) is 4.27. The predicted octanol–water partition coefficient (Wildman–Crippen LogP) is 1.67. The van der Waals surface area contributed by atoms with E-state index in [1.54, 1.807) is 0 Å². The van der Waals surface area contributed by atoms with Gasteiger partial charge in [-0.05, 0) is 29.9 Å². The van der Waals surface area contributed by atoms with Gasteiger partial charge in [-0.3, -0.25) is 4.98 Å². The van der Waals surface area contributed by atoms with Crippen molar-refractivity contribution in [3.05, 3.63) is 29.6 Å². The van der Waals surface area contributed by atoms with E-state index < -0.39 is 0 Å². The van der Waals surface area contributed by atoms with Crippen molar-refractivity contribution in [2.75, 3.05) is 5.75 Å². The third kappa shape index (κ3) is 1.03. The number of aryl methyl sites for hydroxylation is 1. The molecule has 0 saturated heterocycles. The molecule has 1 aromatic rings. The van der Waals surface area contributed by atoms with E-state index in [9.17, 15) is 0 Å². The zero-order chi connectivity index (χ0) is 6.81. The van der Waals surface area contributed by atoms with E-state index in [4.69, 9.17) is 0 Å². The van der Waals surface area contributed by atoms with Gasteiger partial charge in [0.2, 0.25) is 0 Å². The van der Waals surface area contributed by atoms with Gasteiger partial charge in [0, 0.05) is 17.6 Å². The molecule has 0 N–H and O–H groups in total. The summed E-state index contributed by atoms with van der Waals surface area (Å²) in [5, 5.41) is 0. The highest BCUT2D eigenvalue weighted by Gasteiger charge is 2.08. The minimum Gasteiger partial charge on any atom is -0.261 e. The first-order chi connectivity index (χ1) is 4.97. The van der Waals surface area contributed by atoms with Crippen molar-refractivity contribution in [2.45, 2.75) is 12.2 Å². The Morgan fingerprint density at radius 1 is 1.60 bits per heavy atom. The number of fused-ring (bicyclic) bond motifs is 1. The molecule has 2 heterocycles. The monoisotopic (exact) mass is 150 g/mol. The zero-order valence-corrected chi connectivity index (χ0v) is 6.45. The lowest BCUT2D eigenvalue weighted by Crippen LogP contribution is -2.03. The molecule has 0 spiro atoms. The Balaban J connectivity index is 2.41. The van der Waals surface area contributed by atoms with Gasteiger partial charge in [0.25, 0.3) is 0 Å². The standard InChI is InChI=1S/C8H8NS/c1-2-7-6-10-5-3-8(7)9-4-1/h1,4H,3,5-6H2. The molecule has 1 aliphatic rings. The molecule has 0 aromatic carbocycles. The molecule has 0 saturated carbocycles. The van der Waals surface area contributed by atoms with Crippen molar-refractivity contribution in [3.8, 4) is 0 Å². The second-order valence-corrected chi connectivity index (χ2v) is 3.42. The average molecular weight is 150 g/mol. The predicted molar refractivity (Wildman–Crippen MR) is 42.9 cm³/mol. The Kier molecular flexibility index (Phi) is 1.63. The van der Waals surface area contributed by atoms with Crippen LogP contribution in [0.25, 0.3) is 0 Å². The van der Waals surface area contributed by atoms with Crippen LogP contribution in [-0.4, -0.2) is 10.7 Å². The lowest BCUT2D eigenvalue weighted by molar-refractivity contribution is 0.989. The van der Waals surface area contributed by atoms with Crippen molar-refractivity contribution in [3.63, 3.8) is 0 Å². The first kappa shape index (κ1) is 6.23. The van der Waals surface area contributed by atoms with E-state index in [0.717, 1.165) is 12.2 Å². The Morgan fingerprint density at radius 3 is 3.50 bits per heavy atom. The quantitative estimate of drug-likeness (QED) is 0.558. The van der Waals surface area contributed by atoms with E-state index in [1.807, 2.05) is 24.0 Å². The summed E-state index contributed by atoms with van der Waals surface area (Å²) in [5.74, 6) is 2.32. The fourth-order valence-corrected chi connectivity index (χ4v) is 2.05. The fraction of sp³-hybridized carbons (Fsp3) is 0.375.